The maximum absolute atomic E-state index is 12.5. The molecule has 9 heteroatoms. The van der Waals surface area contributed by atoms with Crippen LogP contribution in [-0.4, -0.2) is 29.0 Å². The lowest BCUT2D eigenvalue weighted by Gasteiger charge is -2.17. The van der Waals surface area contributed by atoms with Crippen LogP contribution in [0.4, 0.5) is 0 Å². The molecule has 0 fully saturated rings. The van der Waals surface area contributed by atoms with Crippen molar-refractivity contribution < 1.29 is 28.4 Å². The van der Waals surface area contributed by atoms with Crippen molar-refractivity contribution in [2.75, 3.05) is 6.61 Å². The fourth-order valence-corrected chi connectivity index (χ4v) is 3.42. The van der Waals surface area contributed by atoms with Crippen molar-refractivity contribution in [1.82, 2.24) is 0 Å². The van der Waals surface area contributed by atoms with E-state index >= 15 is 0 Å². The Labute approximate surface area is 165 Å². The summed E-state index contributed by atoms with van der Waals surface area (Å²) in [7, 11) is -4.14. The highest BCUT2D eigenvalue weighted by Crippen LogP contribution is 2.47. The first kappa shape index (κ1) is 23.6. The summed E-state index contributed by atoms with van der Waals surface area (Å²) in [6.45, 7) is 5.15. The first-order chi connectivity index (χ1) is 12.8. The Balaban J connectivity index is 2.69. The van der Waals surface area contributed by atoms with Gasteiger partial charge in [-0.2, -0.15) is 0 Å². The van der Waals surface area contributed by atoms with E-state index in [0.717, 1.165) is 12.8 Å². The van der Waals surface area contributed by atoms with E-state index < -0.39 is 26.3 Å². The second-order valence-corrected chi connectivity index (χ2v) is 8.22. The van der Waals surface area contributed by atoms with Crippen LogP contribution >= 0.6 is 19.2 Å². The van der Waals surface area contributed by atoms with E-state index in [1.54, 1.807) is 31.2 Å². The zero-order chi connectivity index (χ0) is 20.3. The third-order valence-electron chi connectivity index (χ3n) is 3.65. The zero-order valence-electron chi connectivity index (χ0n) is 15.9. The van der Waals surface area contributed by atoms with Crippen LogP contribution in [0.5, 0.6) is 5.75 Å². The minimum absolute atomic E-state index is 0.156. The van der Waals surface area contributed by atoms with Gasteiger partial charge in [-0.3, -0.25) is 4.57 Å². The monoisotopic (exact) mass is 419 g/mol. The Hall–Kier alpha value is -1.40. The highest BCUT2D eigenvalue weighted by Gasteiger charge is 2.30. The van der Waals surface area contributed by atoms with Gasteiger partial charge in [0.05, 0.1) is 6.10 Å². The Morgan fingerprint density at radius 3 is 2.52 bits per heavy atom. The number of ether oxygens (including phenoxy) is 1. The van der Waals surface area contributed by atoms with Gasteiger partial charge in [0.1, 0.15) is 5.75 Å². The molecule has 1 aromatic carbocycles. The number of rotatable bonds is 12. The van der Waals surface area contributed by atoms with Gasteiger partial charge < -0.3 is 19.0 Å². The number of hydrogen-bond donors (Lipinski definition) is 1. The lowest BCUT2D eigenvalue weighted by Crippen LogP contribution is -2.15. The van der Waals surface area contributed by atoms with Gasteiger partial charge >= 0.3 is 13.6 Å². The third-order valence-corrected chi connectivity index (χ3v) is 5.51. The average Bonchev–Trinajstić information content (AvgIpc) is 2.63. The Morgan fingerprint density at radius 2 is 1.93 bits per heavy atom. The minimum Gasteiger partial charge on any atom is -0.482 e. The number of halogens is 1. The van der Waals surface area contributed by atoms with Gasteiger partial charge in [0, 0.05) is 11.4 Å². The molecular weight excluding hydrogens is 393 g/mol. The molecule has 0 aliphatic carbocycles. The maximum atomic E-state index is 12.5. The van der Waals surface area contributed by atoms with Gasteiger partial charge in [-0.05, 0) is 44.0 Å². The molecule has 0 radical (unpaired) electrons. The molecule has 1 rings (SSSR count). The molecule has 152 valence electrons. The van der Waals surface area contributed by atoms with Crippen molar-refractivity contribution in [2.45, 2.75) is 59.0 Å². The number of carbonyl (C=O) groups excluding carboxylic acids is 1. The van der Waals surface area contributed by atoms with E-state index in [1.165, 1.54) is 0 Å². The predicted molar refractivity (Wildman–Crippen MR) is 105 cm³/mol. The molecule has 0 aromatic heterocycles. The normalized spacial score (nSPS) is 15.1. The topological polar surface area (TPSA) is 94.4 Å². The molecule has 0 amide bonds. The summed E-state index contributed by atoms with van der Waals surface area (Å²) in [4.78, 5) is 26.8. The molecule has 2 atom stereocenters. The van der Waals surface area contributed by atoms with Crippen LogP contribution in [0.1, 0.15) is 52.9 Å². The third kappa shape index (κ3) is 9.38. The van der Waals surface area contributed by atoms with Gasteiger partial charge in [0.2, 0.25) is 0 Å². The molecule has 0 saturated heterocycles. The summed E-state index contributed by atoms with van der Waals surface area (Å²) in [5, 5.41) is 4.16. The van der Waals surface area contributed by atoms with E-state index in [4.69, 9.17) is 25.7 Å². The number of benzene rings is 1. The van der Waals surface area contributed by atoms with Crippen molar-refractivity contribution in [1.29, 1.82) is 0 Å². The van der Waals surface area contributed by atoms with Crippen LogP contribution in [0.2, 0.25) is 5.02 Å². The van der Waals surface area contributed by atoms with Gasteiger partial charge in [-0.15, -0.1) is 0 Å². The summed E-state index contributed by atoms with van der Waals surface area (Å²) in [6, 6.07) is 6.47. The first-order valence-corrected chi connectivity index (χ1v) is 10.9. The van der Waals surface area contributed by atoms with E-state index in [9.17, 15) is 14.3 Å². The van der Waals surface area contributed by atoms with Crippen molar-refractivity contribution >= 4 is 30.6 Å². The summed E-state index contributed by atoms with van der Waals surface area (Å²) in [5.74, 6) is -0.349. The number of nitrogens with zero attached hydrogens (tertiary/aromatic N) is 1. The average molecular weight is 420 g/mol. The summed E-state index contributed by atoms with van der Waals surface area (Å²) in [5.41, 5.74) is -0.156. The van der Waals surface area contributed by atoms with E-state index in [2.05, 4.69) is 5.16 Å². The van der Waals surface area contributed by atoms with Crippen molar-refractivity contribution in [3.63, 3.8) is 0 Å². The van der Waals surface area contributed by atoms with Crippen LogP contribution in [0.15, 0.2) is 29.4 Å². The van der Waals surface area contributed by atoms with Crippen LogP contribution in [-0.2, 0) is 18.7 Å². The standard InChI is InChI=1S/C18H27ClNO6P/c1-4-6-7-8-17(27(22,23)26-14(3)5-2)20-25-18(21)13-24-16-11-9-15(19)10-12-16/h9-12,14H,4-8,13H2,1-3H3,(H,22,23). The van der Waals surface area contributed by atoms with Crippen molar-refractivity contribution in [3.8, 4) is 5.75 Å². The molecule has 1 aromatic rings. The maximum Gasteiger partial charge on any atom is 0.376 e. The number of carbonyl (C=O) groups is 1. The van der Waals surface area contributed by atoms with Gasteiger partial charge in [-0.1, -0.05) is 43.4 Å². The molecule has 0 heterocycles. The van der Waals surface area contributed by atoms with Crippen LogP contribution in [0, 0.1) is 0 Å². The van der Waals surface area contributed by atoms with Gasteiger partial charge in [0.25, 0.3) is 0 Å². The van der Waals surface area contributed by atoms with Crippen LogP contribution in [0.3, 0.4) is 0 Å². The number of oxime groups is 1. The number of hydrogen-bond acceptors (Lipinski definition) is 6. The fraction of sp³-hybridized carbons (Fsp3) is 0.556. The van der Waals surface area contributed by atoms with Crippen LogP contribution < -0.4 is 4.74 Å². The van der Waals surface area contributed by atoms with Gasteiger partial charge in [-0.25, -0.2) is 4.79 Å². The van der Waals surface area contributed by atoms with E-state index in [0.29, 0.717) is 23.6 Å². The van der Waals surface area contributed by atoms with Crippen molar-refractivity contribution in [2.24, 2.45) is 5.16 Å². The fourth-order valence-electron chi connectivity index (χ4n) is 1.95. The lowest BCUT2D eigenvalue weighted by atomic mass is 10.2. The van der Waals surface area contributed by atoms with E-state index in [-0.39, 0.29) is 11.9 Å². The molecule has 0 aliphatic rings. The summed E-state index contributed by atoms with van der Waals surface area (Å²) < 4.78 is 22.9. The highest BCUT2D eigenvalue weighted by molar-refractivity contribution is 7.71. The lowest BCUT2D eigenvalue weighted by molar-refractivity contribution is -0.146. The molecular formula is C18H27ClNO6P. The molecule has 27 heavy (non-hydrogen) atoms. The van der Waals surface area contributed by atoms with Crippen LogP contribution in [0.25, 0.3) is 0 Å². The predicted octanol–water partition coefficient (Wildman–Crippen LogP) is 5.16. The smallest absolute Gasteiger partial charge is 0.376 e. The number of unbranched alkanes of at least 4 members (excludes halogenated alkanes) is 2. The molecule has 7 nitrogen and oxygen atoms in total. The Bertz CT molecular complexity index is 664. The SMILES string of the molecule is CCCCCC(=NOC(=O)COc1ccc(Cl)cc1)P(=O)(O)OC(C)CC. The molecule has 2 unspecified atom stereocenters. The second kappa shape index (κ2) is 12.1. The Kier molecular flexibility index (Phi) is 10.6. The van der Waals surface area contributed by atoms with Gasteiger partial charge in [0.15, 0.2) is 12.1 Å². The van der Waals surface area contributed by atoms with Crippen molar-refractivity contribution in [3.05, 3.63) is 29.3 Å². The van der Waals surface area contributed by atoms with E-state index in [1.807, 2.05) is 13.8 Å². The Morgan fingerprint density at radius 1 is 1.26 bits per heavy atom. The largest absolute Gasteiger partial charge is 0.482 e. The zero-order valence-corrected chi connectivity index (χ0v) is 17.5. The first-order valence-electron chi connectivity index (χ1n) is 8.95. The molecule has 0 saturated carbocycles. The summed E-state index contributed by atoms with van der Waals surface area (Å²) >= 11 is 5.77. The quantitative estimate of drug-likeness (QED) is 0.165. The second-order valence-electron chi connectivity index (χ2n) is 6.02. The molecule has 0 bridgehead atoms. The minimum atomic E-state index is -4.14. The molecule has 0 spiro atoms. The molecule has 1 N–H and O–H groups in total. The summed E-state index contributed by atoms with van der Waals surface area (Å²) in [6.07, 6.45) is 2.80. The molecule has 0 aliphatic heterocycles. The highest BCUT2D eigenvalue weighted by atomic mass is 35.5.